The lowest BCUT2D eigenvalue weighted by molar-refractivity contribution is 0.180. The molecule has 2 N–H and O–H groups in total. The van der Waals surface area contributed by atoms with Gasteiger partial charge in [-0.2, -0.15) is 0 Å². The Balaban J connectivity index is 2.10. The summed E-state index contributed by atoms with van der Waals surface area (Å²) in [6.07, 6.45) is -0.314. The van der Waals surface area contributed by atoms with Gasteiger partial charge in [0.15, 0.2) is 0 Å². The van der Waals surface area contributed by atoms with Gasteiger partial charge in [-0.1, -0.05) is 32.0 Å². The Morgan fingerprint density at radius 1 is 1.59 bits per heavy atom. The smallest absolute Gasteiger partial charge is 0.404 e. The quantitative estimate of drug-likeness (QED) is 0.845. The summed E-state index contributed by atoms with van der Waals surface area (Å²) in [6.45, 7) is 4.59. The van der Waals surface area contributed by atoms with Gasteiger partial charge in [0.25, 0.3) is 0 Å². The van der Waals surface area contributed by atoms with Crippen molar-refractivity contribution < 1.29 is 14.6 Å². The van der Waals surface area contributed by atoms with Crippen molar-refractivity contribution in [1.82, 2.24) is 5.32 Å². The van der Waals surface area contributed by atoms with E-state index in [1.165, 1.54) is 11.1 Å². The van der Waals surface area contributed by atoms with Crippen LogP contribution in [0.15, 0.2) is 18.2 Å². The van der Waals surface area contributed by atoms with Gasteiger partial charge < -0.3 is 15.2 Å². The molecule has 1 aliphatic rings. The number of carbonyl (C=O) groups is 1. The zero-order valence-corrected chi connectivity index (χ0v) is 10.1. The lowest BCUT2D eigenvalue weighted by Gasteiger charge is -2.13. The normalized spacial score (nSPS) is 17.7. The highest BCUT2D eigenvalue weighted by atomic mass is 16.5. The Morgan fingerprint density at radius 3 is 3.00 bits per heavy atom. The molecule has 0 saturated carbocycles. The monoisotopic (exact) mass is 235 g/mol. The second-order valence-corrected chi connectivity index (χ2v) is 4.62. The number of fused-ring (bicyclic) bond motifs is 1. The van der Waals surface area contributed by atoms with Crippen molar-refractivity contribution in [3.8, 4) is 5.75 Å². The number of hydrogen-bond donors (Lipinski definition) is 2. The van der Waals surface area contributed by atoms with Crippen LogP contribution in [-0.2, 0) is 6.42 Å². The highest BCUT2D eigenvalue weighted by Crippen LogP contribution is 2.36. The Kier molecular flexibility index (Phi) is 3.22. The molecule has 92 valence electrons. The van der Waals surface area contributed by atoms with Crippen LogP contribution < -0.4 is 10.1 Å². The largest absolute Gasteiger partial charge is 0.488 e. The molecular weight excluding hydrogens is 218 g/mol. The predicted molar refractivity (Wildman–Crippen MR) is 64.7 cm³/mol. The number of benzene rings is 1. The predicted octanol–water partition coefficient (Wildman–Crippen LogP) is 2.38. The van der Waals surface area contributed by atoms with Crippen molar-refractivity contribution in [2.75, 3.05) is 6.54 Å². The first kappa shape index (κ1) is 11.8. The topological polar surface area (TPSA) is 58.6 Å². The van der Waals surface area contributed by atoms with Gasteiger partial charge in [0.1, 0.15) is 11.9 Å². The minimum Gasteiger partial charge on any atom is -0.488 e. The first-order chi connectivity index (χ1) is 8.08. The number of amides is 1. The number of ether oxygens (including phenoxy) is 1. The van der Waals surface area contributed by atoms with E-state index in [0.29, 0.717) is 12.5 Å². The van der Waals surface area contributed by atoms with Crippen LogP contribution in [0.5, 0.6) is 5.75 Å². The molecule has 1 heterocycles. The van der Waals surface area contributed by atoms with Crippen molar-refractivity contribution >= 4 is 6.09 Å². The van der Waals surface area contributed by atoms with Crippen LogP contribution in [0.4, 0.5) is 4.79 Å². The highest BCUT2D eigenvalue weighted by molar-refractivity contribution is 5.64. The summed E-state index contributed by atoms with van der Waals surface area (Å²) in [6, 6.07) is 6.14. The fourth-order valence-electron chi connectivity index (χ4n) is 2.13. The van der Waals surface area contributed by atoms with Gasteiger partial charge in [0, 0.05) is 6.42 Å². The number of para-hydroxylation sites is 1. The summed E-state index contributed by atoms with van der Waals surface area (Å²) in [5.74, 6) is 1.36. The summed E-state index contributed by atoms with van der Waals surface area (Å²) in [5, 5.41) is 10.9. The van der Waals surface area contributed by atoms with Crippen LogP contribution in [0.25, 0.3) is 0 Å². The SMILES string of the molecule is CC(C)c1cccc2c1OC(CNC(=O)O)C2. The van der Waals surface area contributed by atoms with Gasteiger partial charge in [0.05, 0.1) is 6.54 Å². The second-order valence-electron chi connectivity index (χ2n) is 4.62. The molecule has 4 heteroatoms. The Labute approximate surface area is 101 Å². The standard InChI is InChI=1S/C13H17NO3/c1-8(2)11-5-3-4-9-6-10(17-12(9)11)7-14-13(15)16/h3-5,8,10,14H,6-7H2,1-2H3,(H,15,16). The average Bonchev–Trinajstić information content (AvgIpc) is 2.68. The molecule has 1 aliphatic heterocycles. The summed E-state index contributed by atoms with van der Waals surface area (Å²) >= 11 is 0. The molecule has 0 fully saturated rings. The molecule has 1 aromatic carbocycles. The Hall–Kier alpha value is -1.71. The van der Waals surface area contributed by atoms with Crippen LogP contribution in [0.2, 0.25) is 0 Å². The van der Waals surface area contributed by atoms with Gasteiger partial charge in [0.2, 0.25) is 0 Å². The zero-order chi connectivity index (χ0) is 12.4. The van der Waals surface area contributed by atoms with Gasteiger partial charge >= 0.3 is 6.09 Å². The molecule has 0 radical (unpaired) electrons. The summed E-state index contributed by atoms with van der Waals surface area (Å²) in [7, 11) is 0. The van der Waals surface area contributed by atoms with E-state index in [9.17, 15) is 4.79 Å². The van der Waals surface area contributed by atoms with Gasteiger partial charge in [-0.05, 0) is 17.0 Å². The maximum Gasteiger partial charge on any atom is 0.404 e. The van der Waals surface area contributed by atoms with Gasteiger partial charge in [-0.3, -0.25) is 0 Å². The fraction of sp³-hybridized carbons (Fsp3) is 0.462. The minimum atomic E-state index is -1.01. The van der Waals surface area contributed by atoms with E-state index >= 15 is 0 Å². The van der Waals surface area contributed by atoms with E-state index in [0.717, 1.165) is 12.2 Å². The summed E-state index contributed by atoms with van der Waals surface area (Å²) in [5.41, 5.74) is 2.37. The van der Waals surface area contributed by atoms with Crippen LogP contribution in [0.1, 0.15) is 30.9 Å². The number of nitrogens with one attached hydrogen (secondary N) is 1. The minimum absolute atomic E-state index is 0.0824. The van der Waals surface area contributed by atoms with E-state index < -0.39 is 6.09 Å². The van der Waals surface area contributed by atoms with Crippen molar-refractivity contribution in [2.45, 2.75) is 32.3 Å². The van der Waals surface area contributed by atoms with Gasteiger partial charge in [-0.25, -0.2) is 4.79 Å². The van der Waals surface area contributed by atoms with Crippen LogP contribution in [-0.4, -0.2) is 23.8 Å². The maximum absolute atomic E-state index is 10.4. The van der Waals surface area contributed by atoms with Crippen molar-refractivity contribution in [3.05, 3.63) is 29.3 Å². The third-order valence-corrected chi connectivity index (χ3v) is 2.96. The molecule has 17 heavy (non-hydrogen) atoms. The lowest BCUT2D eigenvalue weighted by atomic mass is 9.99. The molecule has 0 aromatic heterocycles. The molecular formula is C13H17NO3. The molecule has 1 unspecified atom stereocenters. The first-order valence-electron chi connectivity index (χ1n) is 5.83. The highest BCUT2D eigenvalue weighted by Gasteiger charge is 2.26. The third-order valence-electron chi connectivity index (χ3n) is 2.96. The molecule has 1 amide bonds. The average molecular weight is 235 g/mol. The molecule has 0 aliphatic carbocycles. The molecule has 0 spiro atoms. The molecule has 2 rings (SSSR count). The lowest BCUT2D eigenvalue weighted by Crippen LogP contribution is -2.33. The number of carboxylic acid groups (broad SMARTS) is 1. The molecule has 1 atom stereocenters. The molecule has 1 aromatic rings. The fourth-order valence-corrected chi connectivity index (χ4v) is 2.13. The summed E-state index contributed by atoms with van der Waals surface area (Å²) in [4.78, 5) is 10.4. The van der Waals surface area contributed by atoms with E-state index in [4.69, 9.17) is 9.84 Å². The molecule has 0 bridgehead atoms. The van der Waals surface area contributed by atoms with E-state index in [1.807, 2.05) is 12.1 Å². The van der Waals surface area contributed by atoms with E-state index in [-0.39, 0.29) is 6.10 Å². The van der Waals surface area contributed by atoms with E-state index in [2.05, 4.69) is 25.2 Å². The second kappa shape index (κ2) is 4.65. The molecule has 0 saturated heterocycles. The number of hydrogen-bond acceptors (Lipinski definition) is 2. The zero-order valence-electron chi connectivity index (χ0n) is 10.1. The van der Waals surface area contributed by atoms with E-state index in [1.54, 1.807) is 0 Å². The maximum atomic E-state index is 10.4. The van der Waals surface area contributed by atoms with Crippen LogP contribution in [0.3, 0.4) is 0 Å². The Morgan fingerprint density at radius 2 is 2.35 bits per heavy atom. The summed E-state index contributed by atoms with van der Waals surface area (Å²) < 4.78 is 5.82. The van der Waals surface area contributed by atoms with Gasteiger partial charge in [-0.15, -0.1) is 0 Å². The van der Waals surface area contributed by atoms with Crippen molar-refractivity contribution in [1.29, 1.82) is 0 Å². The van der Waals surface area contributed by atoms with Crippen LogP contribution >= 0.6 is 0 Å². The van der Waals surface area contributed by atoms with Crippen molar-refractivity contribution in [3.63, 3.8) is 0 Å². The van der Waals surface area contributed by atoms with Crippen molar-refractivity contribution in [2.24, 2.45) is 0 Å². The van der Waals surface area contributed by atoms with Crippen LogP contribution in [0, 0.1) is 0 Å². The number of rotatable bonds is 3. The third kappa shape index (κ3) is 2.52. The Bertz CT molecular complexity index is 429. The molecule has 4 nitrogen and oxygen atoms in total. The first-order valence-corrected chi connectivity index (χ1v) is 5.83.